The van der Waals surface area contributed by atoms with E-state index in [9.17, 15) is 9.50 Å². The first kappa shape index (κ1) is 27.9. The van der Waals surface area contributed by atoms with Crippen LogP contribution in [0.4, 0.5) is 10.1 Å². The van der Waals surface area contributed by atoms with Crippen molar-refractivity contribution in [3.8, 4) is 5.75 Å². The molecule has 0 radical (unpaired) electrons. The van der Waals surface area contributed by atoms with Crippen molar-refractivity contribution in [1.82, 2.24) is 9.88 Å². The Kier molecular flexibility index (Phi) is 11.4. The zero-order valence-electron chi connectivity index (χ0n) is 20.9. The van der Waals surface area contributed by atoms with Crippen molar-refractivity contribution in [1.29, 1.82) is 0 Å². The molecular weight excluding hydrogens is 481 g/mol. The predicted octanol–water partition coefficient (Wildman–Crippen LogP) is 5.35. The van der Waals surface area contributed by atoms with Crippen LogP contribution in [-0.2, 0) is 11.3 Å². The van der Waals surface area contributed by atoms with Crippen molar-refractivity contribution in [3.05, 3.63) is 89.0 Å². The van der Waals surface area contributed by atoms with Crippen molar-refractivity contribution >= 4 is 17.3 Å². The summed E-state index contributed by atoms with van der Waals surface area (Å²) >= 11 is 6.51. The molecule has 0 saturated carbocycles. The summed E-state index contributed by atoms with van der Waals surface area (Å²) < 4.78 is 23.3. The molecule has 36 heavy (non-hydrogen) atoms. The van der Waals surface area contributed by atoms with Crippen LogP contribution >= 0.6 is 11.6 Å². The summed E-state index contributed by atoms with van der Waals surface area (Å²) in [6.45, 7) is 7.20. The SMILES string of the molecule is CCCOc1ccc(N2CCN(CC(OC)c3ccnc(CO)c3)CC2)c(Cl)c1.Fc1ccccc1. The van der Waals surface area contributed by atoms with Crippen molar-refractivity contribution in [3.63, 3.8) is 0 Å². The lowest BCUT2D eigenvalue weighted by Crippen LogP contribution is -2.47. The Morgan fingerprint density at radius 3 is 2.39 bits per heavy atom. The number of aromatic nitrogens is 1. The van der Waals surface area contributed by atoms with Crippen LogP contribution in [0, 0.1) is 5.82 Å². The summed E-state index contributed by atoms with van der Waals surface area (Å²) in [5.41, 5.74) is 2.76. The molecule has 4 rings (SSSR count). The third-order valence-electron chi connectivity index (χ3n) is 5.92. The van der Waals surface area contributed by atoms with Crippen molar-refractivity contribution in [2.24, 2.45) is 0 Å². The number of benzene rings is 2. The van der Waals surface area contributed by atoms with Gasteiger partial charge < -0.3 is 19.5 Å². The summed E-state index contributed by atoms with van der Waals surface area (Å²) in [4.78, 5) is 8.87. The first-order chi connectivity index (χ1) is 17.5. The fourth-order valence-electron chi connectivity index (χ4n) is 3.97. The minimum absolute atomic E-state index is 0.0477. The Labute approximate surface area is 218 Å². The molecule has 0 bridgehead atoms. The van der Waals surface area contributed by atoms with E-state index < -0.39 is 0 Å². The second-order valence-corrected chi connectivity index (χ2v) is 8.92. The number of nitrogens with zero attached hydrogens (tertiary/aromatic N) is 3. The summed E-state index contributed by atoms with van der Waals surface area (Å²) in [7, 11) is 1.72. The van der Waals surface area contributed by atoms with Crippen LogP contribution in [0.3, 0.4) is 0 Å². The summed E-state index contributed by atoms with van der Waals surface area (Å²) in [5.74, 6) is 0.643. The molecule has 8 heteroatoms. The van der Waals surface area contributed by atoms with E-state index in [4.69, 9.17) is 21.1 Å². The highest BCUT2D eigenvalue weighted by atomic mass is 35.5. The molecule has 1 atom stereocenters. The highest BCUT2D eigenvalue weighted by Crippen LogP contribution is 2.31. The van der Waals surface area contributed by atoms with Gasteiger partial charge in [0, 0.05) is 52.1 Å². The molecule has 0 spiro atoms. The zero-order chi connectivity index (χ0) is 25.8. The highest BCUT2D eigenvalue weighted by molar-refractivity contribution is 6.33. The van der Waals surface area contributed by atoms with E-state index in [0.29, 0.717) is 12.3 Å². The average molecular weight is 516 g/mol. The molecule has 2 heterocycles. The number of rotatable bonds is 9. The Bertz CT molecular complexity index is 1050. The van der Waals surface area contributed by atoms with Gasteiger partial charge >= 0.3 is 0 Å². The summed E-state index contributed by atoms with van der Waals surface area (Å²) in [5, 5.41) is 10.1. The van der Waals surface area contributed by atoms with Crippen LogP contribution < -0.4 is 9.64 Å². The van der Waals surface area contributed by atoms with Crippen LogP contribution in [-0.4, -0.2) is 61.4 Å². The van der Waals surface area contributed by atoms with E-state index in [2.05, 4.69) is 21.7 Å². The number of piperazine rings is 1. The topological polar surface area (TPSA) is 58.1 Å². The van der Waals surface area contributed by atoms with E-state index in [1.165, 1.54) is 12.1 Å². The number of ether oxygens (including phenoxy) is 2. The van der Waals surface area contributed by atoms with Crippen molar-refractivity contribution in [2.45, 2.75) is 26.1 Å². The molecule has 1 aliphatic rings. The van der Waals surface area contributed by atoms with Crippen LogP contribution in [0.1, 0.15) is 30.7 Å². The molecule has 1 aromatic heterocycles. The number of halogens is 2. The van der Waals surface area contributed by atoms with E-state index in [1.54, 1.807) is 31.5 Å². The minimum Gasteiger partial charge on any atom is -0.494 e. The standard InChI is InChI=1S/C22H30ClN3O3.C6H5F/c1-3-12-29-19-4-5-21(20(23)14-19)26-10-8-25(9-11-26)15-22(28-2)17-6-7-24-18(13-17)16-27;7-6-4-2-1-3-5-6/h4-7,13-14,22,27H,3,8-12,15-16H2,1-2H3;1-5H. The van der Waals surface area contributed by atoms with Crippen molar-refractivity contribution in [2.75, 3.05) is 51.3 Å². The third kappa shape index (κ3) is 8.45. The van der Waals surface area contributed by atoms with Gasteiger partial charge in [0.25, 0.3) is 0 Å². The maximum atomic E-state index is 11.9. The molecule has 1 aliphatic heterocycles. The largest absolute Gasteiger partial charge is 0.494 e. The molecule has 3 aromatic rings. The van der Waals surface area contributed by atoms with Gasteiger partial charge in [-0.2, -0.15) is 0 Å². The van der Waals surface area contributed by atoms with Gasteiger partial charge in [-0.1, -0.05) is 36.7 Å². The van der Waals surface area contributed by atoms with E-state index in [-0.39, 0.29) is 18.5 Å². The van der Waals surface area contributed by atoms with E-state index >= 15 is 0 Å². The number of hydrogen-bond acceptors (Lipinski definition) is 6. The van der Waals surface area contributed by atoms with Crippen molar-refractivity contribution < 1.29 is 19.0 Å². The average Bonchev–Trinajstić information content (AvgIpc) is 2.92. The smallest absolute Gasteiger partial charge is 0.123 e. The number of anilines is 1. The van der Waals surface area contributed by atoms with Gasteiger partial charge in [-0.3, -0.25) is 9.88 Å². The molecule has 6 nitrogen and oxygen atoms in total. The minimum atomic E-state index is -0.178. The number of hydrogen-bond donors (Lipinski definition) is 1. The van der Waals surface area contributed by atoms with Gasteiger partial charge in [0.15, 0.2) is 0 Å². The maximum absolute atomic E-state index is 11.9. The van der Waals surface area contributed by atoms with Gasteiger partial charge in [0.05, 0.1) is 35.7 Å². The van der Waals surface area contributed by atoms with Gasteiger partial charge in [0.2, 0.25) is 0 Å². The molecule has 1 N–H and O–H groups in total. The molecule has 194 valence electrons. The molecule has 2 aromatic carbocycles. The zero-order valence-corrected chi connectivity index (χ0v) is 21.7. The lowest BCUT2D eigenvalue weighted by molar-refractivity contribution is 0.0613. The number of methoxy groups -OCH3 is 1. The van der Waals surface area contributed by atoms with E-state index in [1.807, 2.05) is 30.3 Å². The maximum Gasteiger partial charge on any atom is 0.123 e. The molecule has 0 aliphatic carbocycles. The van der Waals surface area contributed by atoms with Gasteiger partial charge in [-0.05, 0) is 48.4 Å². The number of aliphatic hydroxyl groups excluding tert-OH is 1. The monoisotopic (exact) mass is 515 g/mol. The van der Waals surface area contributed by atoms with Crippen LogP contribution in [0.25, 0.3) is 0 Å². The van der Waals surface area contributed by atoms with Gasteiger partial charge in [0.1, 0.15) is 11.6 Å². The van der Waals surface area contributed by atoms with Gasteiger partial charge in [-0.15, -0.1) is 0 Å². The summed E-state index contributed by atoms with van der Waals surface area (Å²) in [6.07, 6.45) is 2.65. The van der Waals surface area contributed by atoms with Crippen LogP contribution in [0.5, 0.6) is 5.75 Å². The molecule has 1 fully saturated rings. The third-order valence-corrected chi connectivity index (χ3v) is 6.22. The fourth-order valence-corrected chi connectivity index (χ4v) is 4.26. The molecule has 0 amide bonds. The Morgan fingerprint density at radius 1 is 1.06 bits per heavy atom. The normalized spacial score (nSPS) is 14.6. The Balaban J connectivity index is 0.000000444. The predicted molar refractivity (Wildman–Crippen MR) is 142 cm³/mol. The second-order valence-electron chi connectivity index (χ2n) is 8.51. The summed E-state index contributed by atoms with van der Waals surface area (Å²) in [6, 6.07) is 17.7. The quantitative estimate of drug-likeness (QED) is 0.414. The second kappa shape index (κ2) is 14.8. The first-order valence-corrected chi connectivity index (χ1v) is 12.6. The van der Waals surface area contributed by atoms with Crippen LogP contribution in [0.2, 0.25) is 5.02 Å². The number of aliphatic hydroxyl groups is 1. The van der Waals surface area contributed by atoms with Gasteiger partial charge in [-0.25, -0.2) is 4.39 Å². The van der Waals surface area contributed by atoms with E-state index in [0.717, 1.165) is 61.2 Å². The fraction of sp³-hybridized carbons (Fsp3) is 0.393. The highest BCUT2D eigenvalue weighted by Gasteiger charge is 2.22. The Morgan fingerprint density at radius 2 is 1.81 bits per heavy atom. The molecular formula is C28H35ClFN3O3. The molecule has 1 saturated heterocycles. The molecule has 1 unspecified atom stereocenters. The first-order valence-electron chi connectivity index (χ1n) is 12.2. The lowest BCUT2D eigenvalue weighted by Gasteiger charge is -2.37. The van der Waals surface area contributed by atoms with Crippen LogP contribution in [0.15, 0.2) is 66.9 Å². The lowest BCUT2D eigenvalue weighted by atomic mass is 10.1. The number of pyridine rings is 1. The Hall–Kier alpha value is -2.71.